The van der Waals surface area contributed by atoms with E-state index in [1.807, 2.05) is 11.3 Å². The third kappa shape index (κ3) is 3.06. The van der Waals surface area contributed by atoms with Gasteiger partial charge in [0.1, 0.15) is 0 Å². The predicted molar refractivity (Wildman–Crippen MR) is 81.4 cm³/mol. The summed E-state index contributed by atoms with van der Waals surface area (Å²) < 4.78 is 0. The predicted octanol–water partition coefficient (Wildman–Crippen LogP) is 3.28. The third-order valence-electron chi connectivity index (χ3n) is 3.84. The highest BCUT2D eigenvalue weighted by Crippen LogP contribution is 2.22. The molecule has 2 heterocycles. The molecule has 19 heavy (non-hydrogen) atoms. The van der Waals surface area contributed by atoms with Crippen LogP contribution in [0.1, 0.15) is 23.4 Å². The molecular weight excluding hydrogens is 252 g/mol. The minimum absolute atomic E-state index is 0.456. The Balaban J connectivity index is 1.70. The molecule has 1 aliphatic rings. The van der Waals surface area contributed by atoms with Crippen molar-refractivity contribution in [3.63, 3.8) is 0 Å². The van der Waals surface area contributed by atoms with Crippen LogP contribution in [0.3, 0.4) is 0 Å². The van der Waals surface area contributed by atoms with Gasteiger partial charge in [-0.15, -0.1) is 11.3 Å². The Kier molecular flexibility index (Phi) is 3.97. The van der Waals surface area contributed by atoms with Crippen molar-refractivity contribution in [2.24, 2.45) is 0 Å². The van der Waals surface area contributed by atoms with Crippen molar-refractivity contribution in [3.8, 4) is 0 Å². The topological polar surface area (TPSA) is 15.3 Å². The molecule has 3 rings (SSSR count). The van der Waals surface area contributed by atoms with Crippen molar-refractivity contribution in [3.05, 3.63) is 58.3 Å². The van der Waals surface area contributed by atoms with Gasteiger partial charge < -0.3 is 5.32 Å². The van der Waals surface area contributed by atoms with Crippen molar-refractivity contribution < 1.29 is 0 Å². The molecule has 1 fully saturated rings. The summed E-state index contributed by atoms with van der Waals surface area (Å²) in [5.41, 5.74) is 1.39. The summed E-state index contributed by atoms with van der Waals surface area (Å²) in [6.45, 7) is 5.53. The second kappa shape index (κ2) is 5.87. The average molecular weight is 272 g/mol. The number of hydrogen-bond donors (Lipinski definition) is 1. The number of nitrogens with one attached hydrogen (secondary N) is 1. The van der Waals surface area contributed by atoms with E-state index in [1.165, 1.54) is 10.4 Å². The van der Waals surface area contributed by atoms with Crippen molar-refractivity contribution in [2.45, 2.75) is 25.6 Å². The number of nitrogens with zero attached hydrogens (tertiary/aromatic N) is 1. The number of hydrogen-bond acceptors (Lipinski definition) is 3. The molecule has 0 spiro atoms. The molecule has 2 aromatic rings. The fourth-order valence-corrected chi connectivity index (χ4v) is 3.38. The average Bonchev–Trinajstić information content (AvgIpc) is 2.95. The van der Waals surface area contributed by atoms with Crippen LogP contribution in [0.4, 0.5) is 0 Å². The van der Waals surface area contributed by atoms with E-state index in [1.54, 1.807) is 0 Å². The number of thiophene rings is 1. The van der Waals surface area contributed by atoms with Crippen LogP contribution in [0, 0.1) is 0 Å². The Bertz CT molecular complexity index is 495. The smallest absolute Gasteiger partial charge is 0.0450 e. The summed E-state index contributed by atoms with van der Waals surface area (Å²) in [6.07, 6.45) is 0. The lowest BCUT2D eigenvalue weighted by Crippen LogP contribution is -2.50. The van der Waals surface area contributed by atoms with Crippen molar-refractivity contribution >= 4 is 11.3 Å². The first-order chi connectivity index (χ1) is 9.33. The van der Waals surface area contributed by atoms with E-state index in [9.17, 15) is 0 Å². The molecule has 1 N–H and O–H groups in total. The van der Waals surface area contributed by atoms with Gasteiger partial charge in [0.25, 0.3) is 0 Å². The molecule has 0 amide bonds. The minimum atomic E-state index is 0.456. The molecule has 2 atom stereocenters. The summed E-state index contributed by atoms with van der Waals surface area (Å²) in [7, 11) is 0. The quantitative estimate of drug-likeness (QED) is 0.922. The summed E-state index contributed by atoms with van der Waals surface area (Å²) in [6, 6.07) is 16.2. The SMILES string of the molecule is CC1CNC(c2ccccc2)CN1Cc1cccs1. The van der Waals surface area contributed by atoms with Crippen molar-refractivity contribution in [1.82, 2.24) is 10.2 Å². The summed E-state index contributed by atoms with van der Waals surface area (Å²) in [4.78, 5) is 4.04. The zero-order chi connectivity index (χ0) is 13.1. The highest BCUT2D eigenvalue weighted by atomic mass is 32.1. The van der Waals surface area contributed by atoms with Gasteiger partial charge in [-0.05, 0) is 23.9 Å². The fourth-order valence-electron chi connectivity index (χ4n) is 2.65. The Labute approximate surface area is 119 Å². The number of rotatable bonds is 3. The fraction of sp³-hybridized carbons (Fsp3) is 0.375. The normalized spacial score (nSPS) is 24.5. The third-order valence-corrected chi connectivity index (χ3v) is 4.70. The number of benzene rings is 1. The Hall–Kier alpha value is -1.16. The first-order valence-electron chi connectivity index (χ1n) is 6.87. The van der Waals surface area contributed by atoms with Gasteiger partial charge in [0, 0.05) is 36.6 Å². The Morgan fingerprint density at radius 2 is 2.05 bits per heavy atom. The molecule has 0 bridgehead atoms. The van der Waals surface area contributed by atoms with E-state index < -0.39 is 0 Å². The molecule has 0 saturated carbocycles. The van der Waals surface area contributed by atoms with E-state index in [0.29, 0.717) is 12.1 Å². The van der Waals surface area contributed by atoms with Gasteiger partial charge >= 0.3 is 0 Å². The molecule has 2 nitrogen and oxygen atoms in total. The van der Waals surface area contributed by atoms with E-state index in [-0.39, 0.29) is 0 Å². The van der Waals surface area contributed by atoms with Crippen LogP contribution in [0.15, 0.2) is 47.8 Å². The maximum atomic E-state index is 3.66. The molecule has 1 aliphatic heterocycles. The maximum absolute atomic E-state index is 3.66. The minimum Gasteiger partial charge on any atom is -0.307 e. The molecule has 100 valence electrons. The molecular formula is C16H20N2S. The van der Waals surface area contributed by atoms with Gasteiger partial charge in [-0.25, -0.2) is 0 Å². The molecule has 3 heteroatoms. The number of piperazine rings is 1. The monoisotopic (exact) mass is 272 g/mol. The Morgan fingerprint density at radius 3 is 2.79 bits per heavy atom. The van der Waals surface area contributed by atoms with E-state index in [4.69, 9.17) is 0 Å². The molecule has 1 aromatic carbocycles. The highest BCUT2D eigenvalue weighted by molar-refractivity contribution is 7.09. The second-order valence-corrected chi connectivity index (χ2v) is 6.26. The lowest BCUT2D eigenvalue weighted by molar-refractivity contribution is 0.134. The molecule has 0 radical (unpaired) electrons. The maximum Gasteiger partial charge on any atom is 0.0450 e. The molecule has 1 saturated heterocycles. The van der Waals surface area contributed by atoms with E-state index in [2.05, 4.69) is 65.0 Å². The highest BCUT2D eigenvalue weighted by Gasteiger charge is 2.25. The van der Waals surface area contributed by atoms with Crippen molar-refractivity contribution in [2.75, 3.05) is 13.1 Å². The summed E-state index contributed by atoms with van der Waals surface area (Å²) in [5, 5.41) is 5.82. The first kappa shape index (κ1) is 12.9. The van der Waals surface area contributed by atoms with E-state index >= 15 is 0 Å². The Morgan fingerprint density at radius 1 is 1.21 bits per heavy atom. The van der Waals surface area contributed by atoms with Crippen LogP contribution in [0.25, 0.3) is 0 Å². The van der Waals surface area contributed by atoms with Crippen LogP contribution in [0.5, 0.6) is 0 Å². The van der Waals surface area contributed by atoms with Crippen LogP contribution in [0.2, 0.25) is 0 Å². The van der Waals surface area contributed by atoms with Crippen LogP contribution >= 0.6 is 11.3 Å². The van der Waals surface area contributed by atoms with Gasteiger partial charge in [0.05, 0.1) is 0 Å². The van der Waals surface area contributed by atoms with Gasteiger partial charge in [0.15, 0.2) is 0 Å². The largest absolute Gasteiger partial charge is 0.307 e. The van der Waals surface area contributed by atoms with Crippen LogP contribution < -0.4 is 5.32 Å². The zero-order valence-electron chi connectivity index (χ0n) is 11.3. The lowest BCUT2D eigenvalue weighted by atomic mass is 10.0. The van der Waals surface area contributed by atoms with Crippen molar-refractivity contribution in [1.29, 1.82) is 0 Å². The zero-order valence-corrected chi connectivity index (χ0v) is 12.1. The lowest BCUT2D eigenvalue weighted by Gasteiger charge is -2.38. The standard InChI is InChI=1S/C16H20N2S/c1-13-10-17-16(14-6-3-2-4-7-14)12-18(13)11-15-8-5-9-19-15/h2-9,13,16-17H,10-12H2,1H3. The van der Waals surface area contributed by atoms with Crippen LogP contribution in [-0.2, 0) is 6.54 Å². The van der Waals surface area contributed by atoms with E-state index in [0.717, 1.165) is 19.6 Å². The molecule has 0 aliphatic carbocycles. The van der Waals surface area contributed by atoms with Gasteiger partial charge in [-0.1, -0.05) is 36.4 Å². The second-order valence-electron chi connectivity index (χ2n) is 5.23. The molecule has 1 aromatic heterocycles. The van der Waals surface area contributed by atoms with Gasteiger partial charge in [0.2, 0.25) is 0 Å². The van der Waals surface area contributed by atoms with Gasteiger partial charge in [-0.2, -0.15) is 0 Å². The van der Waals surface area contributed by atoms with Gasteiger partial charge in [-0.3, -0.25) is 4.90 Å². The molecule has 2 unspecified atom stereocenters. The summed E-state index contributed by atoms with van der Waals surface area (Å²) in [5.74, 6) is 0. The first-order valence-corrected chi connectivity index (χ1v) is 7.75. The van der Waals surface area contributed by atoms with Crippen LogP contribution in [-0.4, -0.2) is 24.0 Å². The summed E-state index contributed by atoms with van der Waals surface area (Å²) >= 11 is 1.85.